The van der Waals surface area contributed by atoms with Gasteiger partial charge in [-0.3, -0.25) is 14.3 Å². The molecule has 3 rings (SSSR count). The number of aryl methyl sites for hydroxylation is 1. The van der Waals surface area contributed by atoms with Gasteiger partial charge in [0.25, 0.3) is 0 Å². The summed E-state index contributed by atoms with van der Waals surface area (Å²) in [6, 6.07) is 6.35. The van der Waals surface area contributed by atoms with Crippen molar-refractivity contribution in [1.82, 2.24) is 15.5 Å². The second kappa shape index (κ2) is 10.1. The molecule has 10 nitrogen and oxygen atoms in total. The van der Waals surface area contributed by atoms with Gasteiger partial charge in [-0.2, -0.15) is 4.98 Å². The molecule has 2 amide bonds. The molecule has 32 heavy (non-hydrogen) atoms. The predicted octanol–water partition coefficient (Wildman–Crippen LogP) is 2.70. The number of rotatable bonds is 8. The number of hydrogen-bond donors (Lipinski definition) is 3. The Morgan fingerprint density at radius 1 is 1.06 bits per heavy atom. The number of hydrogen-bond acceptors (Lipinski definition) is 7. The van der Waals surface area contributed by atoms with Gasteiger partial charge in [0.15, 0.2) is 5.82 Å². The lowest BCUT2D eigenvalue weighted by Crippen LogP contribution is -2.45. The number of aromatic nitrogens is 2. The summed E-state index contributed by atoms with van der Waals surface area (Å²) in [4.78, 5) is 28.6. The van der Waals surface area contributed by atoms with Crippen molar-refractivity contribution >= 4 is 33.2 Å². The number of carbonyl (C=O) groups is 2. The predicted molar refractivity (Wildman–Crippen MR) is 119 cm³/mol. The Balaban J connectivity index is 1.58. The van der Waals surface area contributed by atoms with Crippen molar-refractivity contribution in [3.8, 4) is 0 Å². The second-order valence-corrected chi connectivity index (χ2v) is 9.94. The molecule has 1 aromatic heterocycles. The van der Waals surface area contributed by atoms with Crippen LogP contribution in [0.15, 0.2) is 28.8 Å². The van der Waals surface area contributed by atoms with Gasteiger partial charge in [0.1, 0.15) is 5.54 Å². The molecule has 2 aromatic rings. The van der Waals surface area contributed by atoms with Crippen molar-refractivity contribution in [3.05, 3.63) is 36.0 Å². The third kappa shape index (κ3) is 6.78. The van der Waals surface area contributed by atoms with Crippen LogP contribution in [0.5, 0.6) is 0 Å². The molecular weight excluding hydrogens is 434 g/mol. The summed E-state index contributed by atoms with van der Waals surface area (Å²) in [6.45, 7) is 1.49. The van der Waals surface area contributed by atoms with E-state index in [9.17, 15) is 18.0 Å². The molecule has 174 valence electrons. The summed E-state index contributed by atoms with van der Waals surface area (Å²) in [5.41, 5.74) is 0.340. The van der Waals surface area contributed by atoms with E-state index in [2.05, 4.69) is 25.5 Å². The topological polar surface area (TPSA) is 143 Å². The maximum absolute atomic E-state index is 12.3. The number of carbonyl (C=O) groups excluding carboxylic acids is 2. The lowest BCUT2D eigenvalue weighted by Gasteiger charge is -2.30. The van der Waals surface area contributed by atoms with Crippen LogP contribution in [-0.4, -0.2) is 36.6 Å². The molecule has 0 aliphatic heterocycles. The number of amides is 2. The summed E-state index contributed by atoms with van der Waals surface area (Å²) in [7, 11) is -3.36. The van der Waals surface area contributed by atoms with Crippen LogP contribution >= 0.6 is 0 Å². The quantitative estimate of drug-likeness (QED) is 0.511. The average molecular weight is 464 g/mol. The van der Waals surface area contributed by atoms with Gasteiger partial charge in [-0.15, -0.1) is 0 Å². The molecule has 1 aromatic carbocycles. The highest BCUT2D eigenvalue weighted by atomic mass is 32.2. The van der Waals surface area contributed by atoms with E-state index in [1.807, 2.05) is 0 Å². The minimum absolute atomic E-state index is 0.129. The maximum atomic E-state index is 12.3. The first-order valence-corrected chi connectivity index (χ1v) is 12.5. The van der Waals surface area contributed by atoms with Gasteiger partial charge in [0, 0.05) is 31.1 Å². The second-order valence-electron chi connectivity index (χ2n) is 8.19. The highest BCUT2D eigenvalue weighted by Crippen LogP contribution is 2.34. The van der Waals surface area contributed by atoms with Gasteiger partial charge in [-0.05, 0) is 37.1 Å². The van der Waals surface area contributed by atoms with Crippen molar-refractivity contribution in [2.24, 2.45) is 0 Å². The van der Waals surface area contributed by atoms with Crippen molar-refractivity contribution in [3.63, 3.8) is 0 Å². The Morgan fingerprint density at radius 3 is 2.28 bits per heavy atom. The lowest BCUT2D eigenvalue weighted by molar-refractivity contribution is -0.121. The molecule has 1 aliphatic carbocycles. The SMILES string of the molecule is CC(=O)NC1(c2noc(CCC(=O)Nc3ccc(NS(C)(=O)=O)cc3)n2)CCCCCC1. The first kappa shape index (κ1) is 23.7. The van der Waals surface area contributed by atoms with Crippen LogP contribution in [0.3, 0.4) is 0 Å². The van der Waals surface area contributed by atoms with Crippen LogP contribution in [0.25, 0.3) is 0 Å². The fourth-order valence-corrected chi connectivity index (χ4v) is 4.47. The first-order valence-electron chi connectivity index (χ1n) is 10.6. The van der Waals surface area contributed by atoms with Crippen LogP contribution in [-0.2, 0) is 31.6 Å². The van der Waals surface area contributed by atoms with E-state index >= 15 is 0 Å². The summed E-state index contributed by atoms with van der Waals surface area (Å²) in [5, 5.41) is 9.91. The Kier molecular flexibility index (Phi) is 7.49. The molecule has 0 radical (unpaired) electrons. The Labute approximate surface area is 187 Å². The van der Waals surface area contributed by atoms with Crippen LogP contribution in [0, 0.1) is 0 Å². The Hall–Kier alpha value is -2.95. The van der Waals surface area contributed by atoms with Gasteiger partial charge in [-0.1, -0.05) is 30.8 Å². The molecule has 11 heteroatoms. The molecule has 0 spiro atoms. The fourth-order valence-electron chi connectivity index (χ4n) is 3.90. The fraction of sp³-hybridized carbons (Fsp3) is 0.524. The van der Waals surface area contributed by atoms with Crippen molar-refractivity contribution in [2.45, 2.75) is 63.8 Å². The summed E-state index contributed by atoms with van der Waals surface area (Å²) >= 11 is 0. The van der Waals surface area contributed by atoms with Gasteiger partial charge in [-0.25, -0.2) is 8.42 Å². The third-order valence-corrected chi connectivity index (χ3v) is 5.91. The smallest absolute Gasteiger partial charge is 0.229 e. The zero-order valence-corrected chi connectivity index (χ0v) is 19.1. The Morgan fingerprint density at radius 2 is 1.69 bits per heavy atom. The standard InChI is InChI=1S/C21H29N5O5S/c1-15(27)24-21(13-5-3-4-6-14-21)20-23-19(31-25-20)12-11-18(28)22-16-7-9-17(10-8-16)26-32(2,29)30/h7-10,26H,3-6,11-14H2,1-2H3,(H,22,28)(H,24,27). The molecule has 1 saturated carbocycles. The van der Waals surface area contributed by atoms with E-state index < -0.39 is 15.6 Å². The van der Waals surface area contributed by atoms with Gasteiger partial charge in [0.05, 0.1) is 6.26 Å². The van der Waals surface area contributed by atoms with Crippen molar-refractivity contribution < 1.29 is 22.5 Å². The minimum atomic E-state index is -3.36. The first-order chi connectivity index (χ1) is 15.2. The van der Waals surface area contributed by atoms with E-state index in [1.165, 1.54) is 6.92 Å². The zero-order chi connectivity index (χ0) is 23.2. The van der Waals surface area contributed by atoms with E-state index in [0.717, 1.165) is 44.8 Å². The summed E-state index contributed by atoms with van der Waals surface area (Å²) in [5.74, 6) is 0.450. The van der Waals surface area contributed by atoms with E-state index in [1.54, 1.807) is 24.3 Å². The number of nitrogens with one attached hydrogen (secondary N) is 3. The highest BCUT2D eigenvalue weighted by molar-refractivity contribution is 7.92. The Bertz CT molecular complexity index is 1040. The third-order valence-electron chi connectivity index (χ3n) is 5.31. The van der Waals surface area contributed by atoms with E-state index in [4.69, 9.17) is 4.52 Å². The summed E-state index contributed by atoms with van der Waals surface area (Å²) < 4.78 is 30.2. The van der Waals surface area contributed by atoms with Crippen LogP contribution < -0.4 is 15.4 Å². The molecule has 0 saturated heterocycles. The molecule has 0 bridgehead atoms. The largest absolute Gasteiger partial charge is 0.343 e. The molecule has 1 aliphatic rings. The van der Waals surface area contributed by atoms with Crippen LogP contribution in [0.1, 0.15) is 63.6 Å². The maximum Gasteiger partial charge on any atom is 0.229 e. The number of nitrogens with zero attached hydrogens (tertiary/aromatic N) is 2. The van der Waals surface area contributed by atoms with Crippen LogP contribution in [0.4, 0.5) is 11.4 Å². The van der Waals surface area contributed by atoms with Crippen molar-refractivity contribution in [1.29, 1.82) is 0 Å². The zero-order valence-electron chi connectivity index (χ0n) is 18.3. The van der Waals surface area contributed by atoms with E-state index in [-0.39, 0.29) is 24.7 Å². The van der Waals surface area contributed by atoms with Crippen molar-refractivity contribution in [2.75, 3.05) is 16.3 Å². The molecule has 3 N–H and O–H groups in total. The van der Waals surface area contributed by atoms with E-state index in [0.29, 0.717) is 23.1 Å². The summed E-state index contributed by atoms with van der Waals surface area (Å²) in [6.07, 6.45) is 7.16. The molecule has 0 unspecified atom stereocenters. The minimum Gasteiger partial charge on any atom is -0.343 e. The normalized spacial score (nSPS) is 16.1. The van der Waals surface area contributed by atoms with Gasteiger partial charge >= 0.3 is 0 Å². The highest BCUT2D eigenvalue weighted by Gasteiger charge is 2.38. The monoisotopic (exact) mass is 463 g/mol. The van der Waals surface area contributed by atoms with Gasteiger partial charge in [0.2, 0.25) is 27.7 Å². The number of anilines is 2. The molecular formula is C21H29N5O5S. The number of benzene rings is 1. The molecule has 1 heterocycles. The average Bonchev–Trinajstić information content (AvgIpc) is 3.07. The number of sulfonamides is 1. The van der Waals surface area contributed by atoms with Crippen LogP contribution in [0.2, 0.25) is 0 Å². The molecule has 1 fully saturated rings. The molecule has 0 atom stereocenters. The lowest BCUT2D eigenvalue weighted by atomic mass is 9.89. The van der Waals surface area contributed by atoms with Gasteiger partial charge < -0.3 is 15.2 Å².